The highest BCUT2D eigenvalue weighted by Crippen LogP contribution is 2.31. The number of aryl methyl sites for hydroxylation is 1. The van der Waals surface area contributed by atoms with Crippen LogP contribution in [-0.2, 0) is 6.54 Å². The molecular formula is C18H21BrIN3O. The van der Waals surface area contributed by atoms with E-state index in [2.05, 4.69) is 51.4 Å². The molecule has 1 unspecified atom stereocenters. The van der Waals surface area contributed by atoms with Crippen LogP contribution in [0.25, 0.3) is 0 Å². The van der Waals surface area contributed by atoms with Crippen LogP contribution in [0.2, 0.25) is 0 Å². The van der Waals surface area contributed by atoms with Gasteiger partial charge in [0.25, 0.3) is 0 Å². The van der Waals surface area contributed by atoms with Gasteiger partial charge < -0.3 is 15.8 Å². The molecule has 6 heteroatoms. The fourth-order valence-electron chi connectivity index (χ4n) is 2.70. The third kappa shape index (κ3) is 4.63. The molecule has 128 valence electrons. The van der Waals surface area contributed by atoms with Crippen molar-refractivity contribution in [2.24, 2.45) is 10.7 Å². The van der Waals surface area contributed by atoms with E-state index in [0.29, 0.717) is 19.1 Å². The zero-order valence-electron chi connectivity index (χ0n) is 13.5. The second kappa shape index (κ2) is 8.71. The number of halogens is 2. The minimum absolute atomic E-state index is 0. The number of nitrogens with one attached hydrogen (secondary N) is 1. The predicted molar refractivity (Wildman–Crippen MR) is 112 cm³/mol. The lowest BCUT2D eigenvalue weighted by molar-refractivity contribution is 0.262. The van der Waals surface area contributed by atoms with Crippen LogP contribution in [-0.4, -0.2) is 12.6 Å². The number of hydrogen-bond acceptors (Lipinski definition) is 2. The molecule has 1 aliphatic rings. The van der Waals surface area contributed by atoms with Crippen LogP contribution in [0.4, 0.5) is 0 Å². The minimum atomic E-state index is 0. The Balaban J connectivity index is 0.00000208. The number of ether oxygens (including phenoxy) is 1. The Bertz CT molecular complexity index is 736. The van der Waals surface area contributed by atoms with Crippen LogP contribution >= 0.6 is 39.9 Å². The molecule has 1 aliphatic heterocycles. The summed E-state index contributed by atoms with van der Waals surface area (Å²) in [5.41, 5.74) is 9.59. The average molecular weight is 502 g/mol. The van der Waals surface area contributed by atoms with E-state index in [9.17, 15) is 0 Å². The molecule has 0 radical (unpaired) electrons. The number of guanidine groups is 1. The number of aliphatic imine (C=N–C) groups is 1. The summed E-state index contributed by atoms with van der Waals surface area (Å²) in [5.74, 6) is 1.39. The maximum atomic E-state index is 6.08. The molecule has 3 rings (SSSR count). The molecule has 0 saturated heterocycles. The Morgan fingerprint density at radius 3 is 2.96 bits per heavy atom. The van der Waals surface area contributed by atoms with Crippen molar-refractivity contribution in [2.75, 3.05) is 6.61 Å². The second-order valence-corrected chi connectivity index (χ2v) is 6.56. The van der Waals surface area contributed by atoms with Crippen LogP contribution in [0.15, 0.2) is 51.9 Å². The lowest BCUT2D eigenvalue weighted by Crippen LogP contribution is -2.37. The van der Waals surface area contributed by atoms with Crippen molar-refractivity contribution in [3.8, 4) is 5.75 Å². The van der Waals surface area contributed by atoms with E-state index in [1.54, 1.807) is 0 Å². The van der Waals surface area contributed by atoms with Gasteiger partial charge in [-0.1, -0.05) is 40.2 Å². The highest BCUT2D eigenvalue weighted by atomic mass is 127. The van der Waals surface area contributed by atoms with Gasteiger partial charge in [-0.2, -0.15) is 0 Å². The van der Waals surface area contributed by atoms with E-state index in [-0.39, 0.29) is 30.0 Å². The van der Waals surface area contributed by atoms with Gasteiger partial charge in [0, 0.05) is 16.5 Å². The Hall–Kier alpha value is -1.28. The van der Waals surface area contributed by atoms with Gasteiger partial charge in [-0.15, -0.1) is 24.0 Å². The molecule has 0 bridgehead atoms. The molecule has 0 spiro atoms. The van der Waals surface area contributed by atoms with Gasteiger partial charge in [-0.3, -0.25) is 0 Å². The Morgan fingerprint density at radius 1 is 1.33 bits per heavy atom. The molecule has 0 amide bonds. The van der Waals surface area contributed by atoms with Gasteiger partial charge in [-0.05, 0) is 36.2 Å². The highest BCUT2D eigenvalue weighted by Gasteiger charge is 2.21. The van der Waals surface area contributed by atoms with Crippen LogP contribution in [0, 0.1) is 6.92 Å². The van der Waals surface area contributed by atoms with Crippen LogP contribution in [0.5, 0.6) is 5.75 Å². The number of fused-ring (bicyclic) bond motifs is 1. The van der Waals surface area contributed by atoms with E-state index in [1.165, 1.54) is 5.56 Å². The largest absolute Gasteiger partial charge is 0.493 e. The first kappa shape index (κ1) is 19.1. The Kier molecular flexibility index (Phi) is 6.91. The second-order valence-electron chi connectivity index (χ2n) is 5.64. The third-order valence-electron chi connectivity index (χ3n) is 4.01. The summed E-state index contributed by atoms with van der Waals surface area (Å²) in [5, 5.41) is 3.32. The van der Waals surface area contributed by atoms with E-state index in [4.69, 9.17) is 10.5 Å². The number of rotatable bonds is 3. The van der Waals surface area contributed by atoms with Crippen molar-refractivity contribution in [3.05, 3.63) is 63.6 Å². The number of benzene rings is 2. The molecule has 0 fully saturated rings. The quantitative estimate of drug-likeness (QED) is 0.374. The zero-order chi connectivity index (χ0) is 16.2. The van der Waals surface area contributed by atoms with Gasteiger partial charge in [0.05, 0.1) is 19.2 Å². The first-order valence-electron chi connectivity index (χ1n) is 7.66. The van der Waals surface area contributed by atoms with Gasteiger partial charge in [0.15, 0.2) is 5.96 Å². The lowest BCUT2D eigenvalue weighted by atomic mass is 10.0. The summed E-state index contributed by atoms with van der Waals surface area (Å²) >= 11 is 3.49. The molecular weight excluding hydrogens is 481 g/mol. The number of para-hydroxylation sites is 1. The molecule has 3 N–H and O–H groups in total. The molecule has 2 aromatic rings. The summed E-state index contributed by atoms with van der Waals surface area (Å²) < 4.78 is 6.72. The molecule has 4 nitrogen and oxygen atoms in total. The number of nitrogens with two attached hydrogens (primary N) is 1. The van der Waals surface area contributed by atoms with Crippen molar-refractivity contribution in [1.82, 2.24) is 5.32 Å². The Labute approximate surface area is 168 Å². The summed E-state index contributed by atoms with van der Waals surface area (Å²) in [4.78, 5) is 4.49. The fraction of sp³-hybridized carbons (Fsp3) is 0.278. The number of nitrogens with zero attached hydrogens (tertiary/aromatic N) is 1. The van der Waals surface area contributed by atoms with Crippen molar-refractivity contribution >= 4 is 45.9 Å². The van der Waals surface area contributed by atoms with Gasteiger partial charge in [0.1, 0.15) is 5.75 Å². The highest BCUT2D eigenvalue weighted by molar-refractivity contribution is 14.0. The van der Waals surface area contributed by atoms with Crippen molar-refractivity contribution in [3.63, 3.8) is 0 Å². The van der Waals surface area contributed by atoms with Crippen LogP contribution in [0.1, 0.15) is 29.2 Å². The first-order chi connectivity index (χ1) is 11.1. The van der Waals surface area contributed by atoms with Crippen molar-refractivity contribution in [2.45, 2.75) is 25.9 Å². The molecule has 1 atom stereocenters. The maximum absolute atomic E-state index is 6.08. The predicted octanol–water partition coefficient (Wildman–Crippen LogP) is 4.30. The van der Waals surface area contributed by atoms with E-state index in [0.717, 1.165) is 27.8 Å². The van der Waals surface area contributed by atoms with E-state index in [1.807, 2.05) is 24.3 Å². The summed E-state index contributed by atoms with van der Waals surface area (Å²) in [6, 6.07) is 14.4. The SMILES string of the molecule is Cc1ccc(Br)cc1CN=C(N)NC1CCOc2ccccc21.I. The van der Waals surface area contributed by atoms with E-state index >= 15 is 0 Å². The van der Waals surface area contributed by atoms with Gasteiger partial charge in [0.2, 0.25) is 0 Å². The molecule has 0 saturated carbocycles. The lowest BCUT2D eigenvalue weighted by Gasteiger charge is -2.26. The third-order valence-corrected chi connectivity index (χ3v) is 4.50. The first-order valence-corrected chi connectivity index (χ1v) is 8.46. The summed E-state index contributed by atoms with van der Waals surface area (Å²) in [6.07, 6.45) is 0.878. The summed E-state index contributed by atoms with van der Waals surface area (Å²) in [6.45, 7) is 3.33. The molecule has 0 aliphatic carbocycles. The standard InChI is InChI=1S/C18H20BrN3O.HI/c1-12-6-7-14(19)10-13(12)11-21-18(20)22-16-8-9-23-17-5-3-2-4-15(16)17;/h2-7,10,16H,8-9,11H2,1H3,(H3,20,21,22);1H. The summed E-state index contributed by atoms with van der Waals surface area (Å²) in [7, 11) is 0. The zero-order valence-corrected chi connectivity index (χ0v) is 17.4. The smallest absolute Gasteiger partial charge is 0.189 e. The molecule has 1 heterocycles. The topological polar surface area (TPSA) is 59.6 Å². The van der Waals surface area contributed by atoms with Crippen LogP contribution in [0.3, 0.4) is 0 Å². The fourth-order valence-corrected chi connectivity index (χ4v) is 3.11. The van der Waals surface area contributed by atoms with Gasteiger partial charge in [-0.25, -0.2) is 4.99 Å². The average Bonchev–Trinajstić information content (AvgIpc) is 2.56. The van der Waals surface area contributed by atoms with E-state index < -0.39 is 0 Å². The minimum Gasteiger partial charge on any atom is -0.493 e. The van der Waals surface area contributed by atoms with Crippen molar-refractivity contribution in [1.29, 1.82) is 0 Å². The number of hydrogen-bond donors (Lipinski definition) is 2. The maximum Gasteiger partial charge on any atom is 0.189 e. The monoisotopic (exact) mass is 501 g/mol. The normalized spacial score (nSPS) is 16.6. The van der Waals surface area contributed by atoms with Gasteiger partial charge >= 0.3 is 0 Å². The Morgan fingerprint density at radius 2 is 2.12 bits per heavy atom. The van der Waals surface area contributed by atoms with Crippen molar-refractivity contribution < 1.29 is 4.74 Å². The molecule has 2 aromatic carbocycles. The van der Waals surface area contributed by atoms with Crippen LogP contribution < -0.4 is 15.8 Å². The molecule has 24 heavy (non-hydrogen) atoms. The molecule has 0 aromatic heterocycles.